The van der Waals surface area contributed by atoms with Gasteiger partial charge in [0.25, 0.3) is 0 Å². The van der Waals surface area contributed by atoms with Gasteiger partial charge < -0.3 is 4.57 Å². The number of nitrogens with zero attached hydrogens (tertiary/aromatic N) is 3. The Labute approximate surface area is 101 Å². The van der Waals surface area contributed by atoms with E-state index in [2.05, 4.69) is 10.2 Å². The number of aromatic nitrogens is 3. The number of rotatable bonds is 3. The molecule has 0 aliphatic rings. The van der Waals surface area contributed by atoms with Crippen molar-refractivity contribution in [2.45, 2.75) is 32.7 Å². The van der Waals surface area contributed by atoms with Crippen molar-refractivity contribution in [1.29, 1.82) is 0 Å². The SMILES string of the molecule is CC(C)(C)c1nnc(Cl)n1CCS(C)(=O)=O. The Morgan fingerprint density at radius 1 is 1.31 bits per heavy atom. The van der Waals surface area contributed by atoms with Gasteiger partial charge in [-0.1, -0.05) is 20.8 Å². The van der Waals surface area contributed by atoms with Gasteiger partial charge in [0.15, 0.2) is 0 Å². The van der Waals surface area contributed by atoms with Crippen molar-refractivity contribution in [2.75, 3.05) is 12.0 Å². The average molecular weight is 266 g/mol. The predicted molar refractivity (Wildman–Crippen MR) is 63.4 cm³/mol. The topological polar surface area (TPSA) is 64.8 Å². The summed E-state index contributed by atoms with van der Waals surface area (Å²) in [6.07, 6.45) is 1.20. The maximum Gasteiger partial charge on any atom is 0.225 e. The second-order valence-electron chi connectivity index (χ2n) is 4.82. The third-order valence-electron chi connectivity index (χ3n) is 2.06. The molecule has 92 valence electrons. The summed E-state index contributed by atoms with van der Waals surface area (Å²) in [5, 5.41) is 7.97. The van der Waals surface area contributed by atoms with Crippen LogP contribution in [0.15, 0.2) is 0 Å². The quantitative estimate of drug-likeness (QED) is 0.826. The molecule has 0 saturated heterocycles. The first-order valence-corrected chi connectivity index (χ1v) is 7.32. The lowest BCUT2D eigenvalue weighted by atomic mass is 9.96. The monoisotopic (exact) mass is 265 g/mol. The van der Waals surface area contributed by atoms with Crippen LogP contribution in [0, 0.1) is 0 Å². The van der Waals surface area contributed by atoms with Gasteiger partial charge >= 0.3 is 0 Å². The van der Waals surface area contributed by atoms with Gasteiger partial charge in [0, 0.05) is 18.2 Å². The van der Waals surface area contributed by atoms with Crippen LogP contribution in [-0.4, -0.2) is 35.2 Å². The Bertz CT molecular complexity index is 473. The molecule has 1 aromatic heterocycles. The Morgan fingerprint density at radius 3 is 2.31 bits per heavy atom. The molecule has 1 aromatic rings. The first-order valence-electron chi connectivity index (χ1n) is 4.88. The highest BCUT2D eigenvalue weighted by Gasteiger charge is 2.23. The average Bonchev–Trinajstić information content (AvgIpc) is 2.41. The molecular formula is C9H16ClN3O2S. The van der Waals surface area contributed by atoms with Crippen LogP contribution in [0.4, 0.5) is 0 Å². The van der Waals surface area contributed by atoms with Gasteiger partial charge in [0.05, 0.1) is 5.75 Å². The highest BCUT2D eigenvalue weighted by molar-refractivity contribution is 7.90. The van der Waals surface area contributed by atoms with Crippen LogP contribution in [0.1, 0.15) is 26.6 Å². The summed E-state index contributed by atoms with van der Waals surface area (Å²) in [4.78, 5) is 0. The van der Waals surface area contributed by atoms with Crippen molar-refractivity contribution in [3.05, 3.63) is 11.1 Å². The van der Waals surface area contributed by atoms with Gasteiger partial charge in [-0.15, -0.1) is 10.2 Å². The van der Waals surface area contributed by atoms with Crippen LogP contribution in [0.3, 0.4) is 0 Å². The molecule has 0 N–H and O–H groups in total. The van der Waals surface area contributed by atoms with Gasteiger partial charge in [0.1, 0.15) is 15.7 Å². The fraction of sp³-hybridized carbons (Fsp3) is 0.778. The van der Waals surface area contributed by atoms with Crippen LogP contribution in [0.5, 0.6) is 0 Å². The first kappa shape index (κ1) is 13.4. The predicted octanol–water partition coefficient (Wildman–Crippen LogP) is 1.27. The van der Waals surface area contributed by atoms with Crippen LogP contribution in [0.2, 0.25) is 5.28 Å². The van der Waals surface area contributed by atoms with E-state index in [0.717, 1.165) is 0 Å². The molecule has 0 atom stereocenters. The summed E-state index contributed by atoms with van der Waals surface area (Å²) in [5.74, 6) is 0.731. The molecular weight excluding hydrogens is 250 g/mol. The number of hydrogen-bond acceptors (Lipinski definition) is 4. The first-order chi connectivity index (χ1) is 7.11. The number of sulfone groups is 1. The molecule has 0 unspecified atom stereocenters. The largest absolute Gasteiger partial charge is 0.300 e. The van der Waals surface area contributed by atoms with E-state index >= 15 is 0 Å². The van der Waals surface area contributed by atoms with Crippen molar-refractivity contribution in [2.24, 2.45) is 0 Å². The number of halogens is 1. The van der Waals surface area contributed by atoms with E-state index in [1.807, 2.05) is 20.8 Å². The minimum atomic E-state index is -3.01. The lowest BCUT2D eigenvalue weighted by Gasteiger charge is -2.18. The summed E-state index contributed by atoms with van der Waals surface area (Å²) in [6, 6.07) is 0. The van der Waals surface area contributed by atoms with E-state index in [4.69, 9.17) is 11.6 Å². The zero-order chi connectivity index (χ0) is 12.6. The molecule has 0 aliphatic heterocycles. The molecule has 0 fully saturated rings. The fourth-order valence-electron chi connectivity index (χ4n) is 1.29. The van der Waals surface area contributed by atoms with Gasteiger partial charge in [-0.3, -0.25) is 0 Å². The van der Waals surface area contributed by atoms with Crippen molar-refractivity contribution < 1.29 is 8.42 Å². The molecule has 1 rings (SSSR count). The molecule has 16 heavy (non-hydrogen) atoms. The zero-order valence-corrected chi connectivity index (χ0v) is 11.4. The fourth-order valence-corrected chi connectivity index (χ4v) is 2.01. The van der Waals surface area contributed by atoms with E-state index in [0.29, 0.717) is 5.82 Å². The van der Waals surface area contributed by atoms with Crippen molar-refractivity contribution in [3.63, 3.8) is 0 Å². The van der Waals surface area contributed by atoms with Crippen LogP contribution in [-0.2, 0) is 21.8 Å². The summed E-state index contributed by atoms with van der Waals surface area (Å²) >= 11 is 5.87. The lowest BCUT2D eigenvalue weighted by molar-refractivity contribution is 0.503. The Balaban J connectivity index is 3.00. The Kier molecular flexibility index (Phi) is 3.64. The summed E-state index contributed by atoms with van der Waals surface area (Å²) in [5.41, 5.74) is -0.211. The van der Waals surface area contributed by atoms with Gasteiger partial charge in [-0.2, -0.15) is 0 Å². The second-order valence-corrected chi connectivity index (χ2v) is 7.42. The van der Waals surface area contributed by atoms with Crippen LogP contribution < -0.4 is 0 Å². The van der Waals surface area contributed by atoms with E-state index in [9.17, 15) is 8.42 Å². The molecule has 0 bridgehead atoms. The van der Waals surface area contributed by atoms with E-state index < -0.39 is 9.84 Å². The molecule has 0 saturated carbocycles. The minimum absolute atomic E-state index is 0.0356. The molecule has 7 heteroatoms. The Morgan fingerprint density at radius 2 is 1.88 bits per heavy atom. The molecule has 5 nitrogen and oxygen atoms in total. The van der Waals surface area contributed by atoms with E-state index in [1.165, 1.54) is 6.26 Å². The van der Waals surface area contributed by atoms with Crippen molar-refractivity contribution >= 4 is 21.4 Å². The molecule has 0 spiro atoms. The third-order valence-corrected chi connectivity index (χ3v) is 3.27. The molecule has 0 amide bonds. The maximum atomic E-state index is 11.1. The van der Waals surface area contributed by atoms with Crippen molar-refractivity contribution in [3.8, 4) is 0 Å². The number of hydrogen-bond donors (Lipinski definition) is 0. The summed E-state index contributed by atoms with van der Waals surface area (Å²) in [7, 11) is -3.01. The standard InChI is InChI=1S/C9H16ClN3O2S/c1-9(2,3)7-11-12-8(10)13(7)5-6-16(4,14)15/h5-6H2,1-4H3. The normalized spacial score (nSPS) is 13.1. The third kappa shape index (κ3) is 3.45. The lowest BCUT2D eigenvalue weighted by Crippen LogP contribution is -2.21. The van der Waals surface area contributed by atoms with Gasteiger partial charge in [-0.25, -0.2) is 8.42 Å². The van der Waals surface area contributed by atoms with Crippen LogP contribution >= 0.6 is 11.6 Å². The highest BCUT2D eigenvalue weighted by Crippen LogP contribution is 2.22. The summed E-state index contributed by atoms with van der Waals surface area (Å²) < 4.78 is 23.8. The molecule has 0 aromatic carbocycles. The molecule has 0 radical (unpaired) electrons. The summed E-state index contributed by atoms with van der Waals surface area (Å²) in [6.45, 7) is 6.22. The molecule has 1 heterocycles. The Hall–Kier alpha value is -0.620. The van der Waals surface area contributed by atoms with E-state index in [-0.39, 0.29) is 23.0 Å². The molecule has 0 aliphatic carbocycles. The van der Waals surface area contributed by atoms with Crippen LogP contribution in [0.25, 0.3) is 0 Å². The maximum absolute atomic E-state index is 11.1. The second kappa shape index (κ2) is 4.33. The van der Waals surface area contributed by atoms with Crippen molar-refractivity contribution in [1.82, 2.24) is 14.8 Å². The van der Waals surface area contributed by atoms with Gasteiger partial charge in [-0.05, 0) is 11.6 Å². The van der Waals surface area contributed by atoms with Gasteiger partial charge in [0.2, 0.25) is 5.28 Å². The highest BCUT2D eigenvalue weighted by atomic mass is 35.5. The smallest absolute Gasteiger partial charge is 0.225 e. The van der Waals surface area contributed by atoms with E-state index in [1.54, 1.807) is 4.57 Å². The minimum Gasteiger partial charge on any atom is -0.300 e. The zero-order valence-electron chi connectivity index (χ0n) is 9.86.